The monoisotopic (exact) mass is 321 g/mol. The maximum absolute atomic E-state index is 12.6. The predicted molar refractivity (Wildman–Crippen MR) is 60.3 cm³/mol. The van der Waals surface area contributed by atoms with E-state index in [0.29, 0.717) is 4.47 Å². The second-order valence-corrected chi connectivity index (χ2v) is 4.27. The van der Waals surface area contributed by atoms with Gasteiger partial charge >= 0.3 is 6.18 Å². The summed E-state index contributed by atoms with van der Waals surface area (Å²) in [5, 5.41) is 3.53. The second-order valence-electron chi connectivity index (χ2n) is 3.41. The van der Waals surface area contributed by atoms with Gasteiger partial charge in [-0.15, -0.1) is 0 Å². The molecule has 1 heterocycles. The smallest absolute Gasteiger partial charge is 0.334 e. The standard InChI is InChI=1S/C10H7BrF3N3O/c11-7-2-1-5(10(12,13)14)3-6(7)9-16-8(4-15)17-18-9/h1-3H,4,15H2. The number of alkyl halides is 3. The third kappa shape index (κ3) is 2.54. The molecule has 0 spiro atoms. The summed E-state index contributed by atoms with van der Waals surface area (Å²) < 4.78 is 43.0. The zero-order valence-electron chi connectivity index (χ0n) is 8.83. The highest BCUT2D eigenvalue weighted by atomic mass is 79.9. The molecule has 0 aliphatic heterocycles. The third-order valence-electron chi connectivity index (χ3n) is 2.17. The van der Waals surface area contributed by atoms with E-state index >= 15 is 0 Å². The summed E-state index contributed by atoms with van der Waals surface area (Å²) in [6.45, 7) is 0.0556. The Morgan fingerprint density at radius 1 is 1.33 bits per heavy atom. The summed E-state index contributed by atoms with van der Waals surface area (Å²) in [7, 11) is 0. The van der Waals surface area contributed by atoms with Crippen LogP contribution in [0.25, 0.3) is 11.5 Å². The molecule has 18 heavy (non-hydrogen) atoms. The van der Waals surface area contributed by atoms with Crippen LogP contribution in [0, 0.1) is 0 Å². The van der Waals surface area contributed by atoms with Gasteiger partial charge in [0.15, 0.2) is 5.82 Å². The van der Waals surface area contributed by atoms with Crippen molar-refractivity contribution in [3.05, 3.63) is 34.1 Å². The molecule has 0 atom stereocenters. The van der Waals surface area contributed by atoms with E-state index in [9.17, 15) is 13.2 Å². The lowest BCUT2D eigenvalue weighted by atomic mass is 10.1. The van der Waals surface area contributed by atoms with Crippen LogP contribution < -0.4 is 5.73 Å². The number of hydrogen-bond acceptors (Lipinski definition) is 4. The van der Waals surface area contributed by atoms with Crippen molar-refractivity contribution in [1.29, 1.82) is 0 Å². The van der Waals surface area contributed by atoms with E-state index in [0.717, 1.165) is 12.1 Å². The molecular formula is C10H7BrF3N3O. The molecule has 0 saturated carbocycles. The molecule has 1 aromatic carbocycles. The fraction of sp³-hybridized carbons (Fsp3) is 0.200. The molecule has 0 radical (unpaired) electrons. The minimum absolute atomic E-state index is 0.00609. The molecule has 0 aliphatic carbocycles. The highest BCUT2D eigenvalue weighted by molar-refractivity contribution is 9.10. The van der Waals surface area contributed by atoms with E-state index in [1.165, 1.54) is 6.07 Å². The van der Waals surface area contributed by atoms with Gasteiger partial charge < -0.3 is 10.3 Å². The van der Waals surface area contributed by atoms with Crippen molar-refractivity contribution in [3.63, 3.8) is 0 Å². The Morgan fingerprint density at radius 3 is 2.61 bits per heavy atom. The van der Waals surface area contributed by atoms with Crippen molar-refractivity contribution in [2.75, 3.05) is 0 Å². The normalized spacial score (nSPS) is 11.8. The number of hydrogen-bond donors (Lipinski definition) is 1. The Kier molecular flexibility index (Phi) is 3.40. The van der Waals surface area contributed by atoms with Crippen LogP contribution >= 0.6 is 15.9 Å². The quantitative estimate of drug-likeness (QED) is 0.923. The molecule has 0 amide bonds. The van der Waals surface area contributed by atoms with Crippen LogP contribution in [-0.4, -0.2) is 10.1 Å². The van der Waals surface area contributed by atoms with Crippen molar-refractivity contribution >= 4 is 15.9 Å². The molecule has 0 unspecified atom stereocenters. The highest BCUT2D eigenvalue weighted by Gasteiger charge is 2.31. The van der Waals surface area contributed by atoms with Gasteiger partial charge in [0.25, 0.3) is 5.89 Å². The van der Waals surface area contributed by atoms with Gasteiger partial charge in [0, 0.05) is 4.47 Å². The maximum Gasteiger partial charge on any atom is 0.416 e. The minimum Gasteiger partial charge on any atom is -0.334 e. The zero-order chi connectivity index (χ0) is 13.3. The van der Waals surface area contributed by atoms with Gasteiger partial charge in [-0.1, -0.05) is 5.16 Å². The number of rotatable bonds is 2. The number of nitrogens with zero attached hydrogens (tertiary/aromatic N) is 2. The van der Waals surface area contributed by atoms with Gasteiger partial charge in [0.1, 0.15) is 0 Å². The predicted octanol–water partition coefficient (Wildman–Crippen LogP) is 2.98. The molecular weight excluding hydrogens is 315 g/mol. The molecule has 2 N–H and O–H groups in total. The SMILES string of the molecule is NCc1noc(-c2cc(C(F)(F)F)ccc2Br)n1. The van der Waals surface area contributed by atoms with E-state index in [4.69, 9.17) is 10.3 Å². The first kappa shape index (κ1) is 13.0. The van der Waals surface area contributed by atoms with Crippen LogP contribution in [0.3, 0.4) is 0 Å². The van der Waals surface area contributed by atoms with Crippen LogP contribution in [0.2, 0.25) is 0 Å². The van der Waals surface area contributed by atoms with Gasteiger partial charge in [0.05, 0.1) is 17.7 Å². The summed E-state index contributed by atoms with van der Waals surface area (Å²) in [5.41, 5.74) is 4.70. The van der Waals surface area contributed by atoms with Gasteiger partial charge in [-0.2, -0.15) is 18.2 Å². The first-order valence-electron chi connectivity index (χ1n) is 4.81. The molecule has 0 bridgehead atoms. The van der Waals surface area contributed by atoms with Crippen molar-refractivity contribution in [2.45, 2.75) is 12.7 Å². The fourth-order valence-corrected chi connectivity index (χ4v) is 1.73. The Hall–Kier alpha value is -1.41. The first-order chi connectivity index (χ1) is 8.41. The molecule has 2 aromatic rings. The molecule has 0 aliphatic rings. The lowest BCUT2D eigenvalue weighted by Gasteiger charge is -2.08. The summed E-state index contributed by atoms with van der Waals surface area (Å²) in [6.07, 6.45) is -4.42. The number of halogens is 4. The van der Waals surface area contributed by atoms with Gasteiger partial charge in [-0.25, -0.2) is 0 Å². The Labute approximate surface area is 108 Å². The summed E-state index contributed by atoms with van der Waals surface area (Å²) in [4.78, 5) is 3.88. The van der Waals surface area contributed by atoms with E-state index in [1.807, 2.05) is 0 Å². The Bertz CT molecular complexity index is 568. The lowest BCUT2D eigenvalue weighted by molar-refractivity contribution is -0.137. The average Bonchev–Trinajstić information content (AvgIpc) is 2.76. The number of aromatic nitrogens is 2. The first-order valence-corrected chi connectivity index (χ1v) is 5.61. The number of benzene rings is 1. The topological polar surface area (TPSA) is 64.9 Å². The molecule has 1 aromatic heterocycles. The van der Waals surface area contributed by atoms with Crippen molar-refractivity contribution in [2.24, 2.45) is 5.73 Å². The molecule has 4 nitrogen and oxygen atoms in total. The molecule has 96 valence electrons. The van der Waals surface area contributed by atoms with E-state index in [2.05, 4.69) is 26.1 Å². The minimum atomic E-state index is -4.42. The van der Waals surface area contributed by atoms with Crippen LogP contribution in [-0.2, 0) is 12.7 Å². The molecule has 0 fully saturated rings. The van der Waals surface area contributed by atoms with Gasteiger partial charge in [-0.05, 0) is 34.1 Å². The summed E-state index contributed by atoms with van der Waals surface area (Å²) in [5.74, 6) is 0.225. The van der Waals surface area contributed by atoms with Crippen molar-refractivity contribution in [3.8, 4) is 11.5 Å². The van der Waals surface area contributed by atoms with E-state index in [-0.39, 0.29) is 23.8 Å². The van der Waals surface area contributed by atoms with Crippen LogP contribution in [0.15, 0.2) is 27.2 Å². The Balaban J connectivity index is 2.49. The second kappa shape index (κ2) is 4.69. The maximum atomic E-state index is 12.6. The van der Waals surface area contributed by atoms with Gasteiger partial charge in [-0.3, -0.25) is 0 Å². The Morgan fingerprint density at radius 2 is 2.06 bits per heavy atom. The van der Waals surface area contributed by atoms with Gasteiger partial charge in [0.2, 0.25) is 0 Å². The molecule has 0 saturated heterocycles. The number of nitrogens with two attached hydrogens (primary N) is 1. The van der Waals surface area contributed by atoms with Crippen molar-refractivity contribution < 1.29 is 17.7 Å². The fourth-order valence-electron chi connectivity index (χ4n) is 1.31. The van der Waals surface area contributed by atoms with Crippen LogP contribution in [0.1, 0.15) is 11.4 Å². The largest absolute Gasteiger partial charge is 0.416 e. The van der Waals surface area contributed by atoms with Crippen LogP contribution in [0.5, 0.6) is 0 Å². The molecule has 8 heteroatoms. The lowest BCUT2D eigenvalue weighted by Crippen LogP contribution is -2.05. The summed E-state index contributed by atoms with van der Waals surface area (Å²) in [6, 6.07) is 3.19. The average molecular weight is 322 g/mol. The highest BCUT2D eigenvalue weighted by Crippen LogP contribution is 2.35. The van der Waals surface area contributed by atoms with E-state index in [1.54, 1.807) is 0 Å². The van der Waals surface area contributed by atoms with Crippen LogP contribution in [0.4, 0.5) is 13.2 Å². The van der Waals surface area contributed by atoms with Crippen molar-refractivity contribution in [1.82, 2.24) is 10.1 Å². The molecule has 2 rings (SSSR count). The summed E-state index contributed by atoms with van der Waals surface area (Å²) >= 11 is 3.14. The third-order valence-corrected chi connectivity index (χ3v) is 2.87. The van der Waals surface area contributed by atoms with E-state index < -0.39 is 11.7 Å². The zero-order valence-corrected chi connectivity index (χ0v) is 10.4.